The molecule has 1 heterocycles. The number of rotatable bonds is 6. The Bertz CT molecular complexity index is 559. The second-order valence-electron chi connectivity index (χ2n) is 4.01. The smallest absolute Gasteiger partial charge is 0.323 e. The number of aromatic nitrogens is 2. The predicted molar refractivity (Wildman–Crippen MR) is 75.9 cm³/mol. The number of nitrogens with two attached hydrogens (primary N) is 1. The minimum absolute atomic E-state index is 0.423. The van der Waals surface area contributed by atoms with Crippen LogP contribution in [0.1, 0.15) is 5.89 Å². The van der Waals surface area contributed by atoms with Gasteiger partial charge in [-0.1, -0.05) is 18.2 Å². The molecule has 2 rings (SSSR count). The topological polar surface area (TPSA) is 91.2 Å². The van der Waals surface area contributed by atoms with Gasteiger partial charge in [0.2, 0.25) is 11.8 Å². The minimum atomic E-state index is -0.637. The maximum absolute atomic E-state index is 11.1. The van der Waals surface area contributed by atoms with Gasteiger partial charge >= 0.3 is 5.97 Å². The molecule has 1 unspecified atom stereocenters. The van der Waals surface area contributed by atoms with Crippen molar-refractivity contribution in [1.29, 1.82) is 0 Å². The van der Waals surface area contributed by atoms with Crippen LogP contribution in [-0.4, -0.2) is 35.1 Å². The summed E-state index contributed by atoms with van der Waals surface area (Å²) in [5.41, 5.74) is 6.50. The van der Waals surface area contributed by atoms with E-state index in [1.165, 1.54) is 18.9 Å². The van der Waals surface area contributed by atoms with E-state index < -0.39 is 12.0 Å². The second-order valence-corrected chi connectivity index (χ2v) is 5.04. The van der Waals surface area contributed by atoms with Crippen LogP contribution >= 0.6 is 11.8 Å². The average molecular weight is 293 g/mol. The van der Waals surface area contributed by atoms with Crippen molar-refractivity contribution in [2.24, 2.45) is 5.73 Å². The first kappa shape index (κ1) is 14.5. The van der Waals surface area contributed by atoms with E-state index in [0.29, 0.717) is 23.3 Å². The van der Waals surface area contributed by atoms with Gasteiger partial charge in [-0.15, -0.1) is 22.0 Å². The molecule has 0 spiro atoms. The molecular formula is C13H15N3O3S. The van der Waals surface area contributed by atoms with Crippen LogP contribution in [0.2, 0.25) is 0 Å². The van der Waals surface area contributed by atoms with Gasteiger partial charge in [-0.3, -0.25) is 4.79 Å². The number of carbonyl (C=O) groups excluding carboxylic acids is 1. The number of carbonyl (C=O) groups is 1. The van der Waals surface area contributed by atoms with Crippen LogP contribution in [0.3, 0.4) is 0 Å². The summed E-state index contributed by atoms with van der Waals surface area (Å²) >= 11 is 1.44. The zero-order valence-electron chi connectivity index (χ0n) is 11.0. The van der Waals surface area contributed by atoms with Crippen molar-refractivity contribution < 1.29 is 13.9 Å². The van der Waals surface area contributed by atoms with Gasteiger partial charge in [0.25, 0.3) is 0 Å². The molecule has 2 aromatic rings. The molecule has 0 aliphatic carbocycles. The molecule has 0 bridgehead atoms. The molecule has 0 fully saturated rings. The largest absolute Gasteiger partial charge is 0.468 e. The zero-order valence-corrected chi connectivity index (χ0v) is 11.8. The molecule has 0 saturated heterocycles. The molecule has 0 aliphatic heterocycles. The minimum Gasteiger partial charge on any atom is -0.468 e. The summed E-state index contributed by atoms with van der Waals surface area (Å²) in [4.78, 5) is 11.1. The van der Waals surface area contributed by atoms with E-state index in [-0.39, 0.29) is 0 Å². The molecule has 1 aromatic heterocycles. The molecule has 0 amide bonds. The Morgan fingerprint density at radius 1 is 1.40 bits per heavy atom. The van der Waals surface area contributed by atoms with Gasteiger partial charge < -0.3 is 14.9 Å². The van der Waals surface area contributed by atoms with E-state index in [1.54, 1.807) is 0 Å². The van der Waals surface area contributed by atoms with Gasteiger partial charge in [-0.05, 0) is 12.1 Å². The molecule has 1 atom stereocenters. The highest BCUT2D eigenvalue weighted by Crippen LogP contribution is 2.19. The normalized spacial score (nSPS) is 12.1. The summed E-state index contributed by atoms with van der Waals surface area (Å²) in [6.07, 6.45) is 0. The predicted octanol–water partition coefficient (Wildman–Crippen LogP) is 1.47. The van der Waals surface area contributed by atoms with E-state index >= 15 is 0 Å². The highest BCUT2D eigenvalue weighted by atomic mass is 32.2. The van der Waals surface area contributed by atoms with E-state index in [9.17, 15) is 4.79 Å². The SMILES string of the molecule is COC(=O)C(N)CSCc1nnc(-c2ccccc2)o1. The second kappa shape index (κ2) is 7.06. The van der Waals surface area contributed by atoms with Crippen LogP contribution < -0.4 is 5.73 Å². The standard InChI is InChI=1S/C13H15N3O3S/c1-18-13(17)10(14)7-20-8-11-15-16-12(19-11)9-5-3-2-4-6-9/h2-6,10H,7-8,14H2,1H3. The summed E-state index contributed by atoms with van der Waals surface area (Å²) in [7, 11) is 1.32. The average Bonchev–Trinajstić information content (AvgIpc) is 2.96. The number of nitrogens with zero attached hydrogens (tertiary/aromatic N) is 2. The summed E-state index contributed by atoms with van der Waals surface area (Å²) in [5.74, 6) is 1.51. The first-order valence-electron chi connectivity index (χ1n) is 5.99. The van der Waals surface area contributed by atoms with Crippen molar-refractivity contribution in [1.82, 2.24) is 10.2 Å². The third-order valence-corrected chi connectivity index (χ3v) is 3.56. The maximum atomic E-state index is 11.1. The fourth-order valence-electron chi connectivity index (χ4n) is 1.50. The number of hydrogen-bond acceptors (Lipinski definition) is 7. The van der Waals surface area contributed by atoms with Crippen molar-refractivity contribution in [2.75, 3.05) is 12.9 Å². The summed E-state index contributed by atoms with van der Waals surface area (Å²) in [5, 5.41) is 7.94. The van der Waals surface area contributed by atoms with Gasteiger partial charge in [0, 0.05) is 11.3 Å². The quantitative estimate of drug-likeness (QED) is 0.806. The van der Waals surface area contributed by atoms with Gasteiger partial charge in [0.1, 0.15) is 6.04 Å². The highest BCUT2D eigenvalue weighted by molar-refractivity contribution is 7.98. The zero-order chi connectivity index (χ0) is 14.4. The van der Waals surface area contributed by atoms with Crippen molar-refractivity contribution in [3.63, 3.8) is 0 Å². The van der Waals surface area contributed by atoms with Crippen molar-refractivity contribution in [2.45, 2.75) is 11.8 Å². The fourth-order valence-corrected chi connectivity index (χ4v) is 2.30. The van der Waals surface area contributed by atoms with E-state index in [2.05, 4.69) is 14.9 Å². The van der Waals surface area contributed by atoms with E-state index in [1.807, 2.05) is 30.3 Å². The van der Waals surface area contributed by atoms with Gasteiger partial charge in [0.15, 0.2) is 0 Å². The Hall–Kier alpha value is -1.86. The number of benzene rings is 1. The molecule has 106 valence electrons. The number of methoxy groups -OCH3 is 1. The third kappa shape index (κ3) is 3.82. The molecule has 1 aromatic carbocycles. The van der Waals surface area contributed by atoms with Crippen molar-refractivity contribution >= 4 is 17.7 Å². The number of esters is 1. The van der Waals surface area contributed by atoms with Crippen LogP contribution in [-0.2, 0) is 15.3 Å². The highest BCUT2D eigenvalue weighted by Gasteiger charge is 2.14. The molecule has 0 saturated carbocycles. The molecule has 20 heavy (non-hydrogen) atoms. The number of thioether (sulfide) groups is 1. The van der Waals surface area contributed by atoms with Crippen molar-refractivity contribution in [3.05, 3.63) is 36.2 Å². The van der Waals surface area contributed by atoms with Gasteiger partial charge in [0.05, 0.1) is 12.9 Å². The van der Waals surface area contributed by atoms with Gasteiger partial charge in [-0.25, -0.2) is 0 Å². The van der Waals surface area contributed by atoms with Crippen LogP contribution in [0.25, 0.3) is 11.5 Å². The van der Waals surface area contributed by atoms with Crippen molar-refractivity contribution in [3.8, 4) is 11.5 Å². The lowest BCUT2D eigenvalue weighted by molar-refractivity contribution is -0.141. The van der Waals surface area contributed by atoms with Crippen LogP contribution in [0, 0.1) is 0 Å². The lowest BCUT2D eigenvalue weighted by Gasteiger charge is -2.06. The summed E-state index contributed by atoms with van der Waals surface area (Å²) in [6, 6.07) is 8.90. The van der Waals surface area contributed by atoms with Gasteiger partial charge in [-0.2, -0.15) is 0 Å². The van der Waals surface area contributed by atoms with Crippen LogP contribution in [0.4, 0.5) is 0 Å². The molecular weight excluding hydrogens is 278 g/mol. The Balaban J connectivity index is 1.86. The summed E-state index contributed by atoms with van der Waals surface area (Å²) < 4.78 is 10.1. The molecule has 6 nitrogen and oxygen atoms in total. The molecule has 0 radical (unpaired) electrons. The lowest BCUT2D eigenvalue weighted by atomic mass is 10.2. The Kier molecular flexibility index (Phi) is 5.14. The number of hydrogen-bond donors (Lipinski definition) is 1. The Labute approximate surface area is 120 Å². The first-order valence-corrected chi connectivity index (χ1v) is 7.15. The fraction of sp³-hybridized carbons (Fsp3) is 0.308. The van der Waals surface area contributed by atoms with Crippen LogP contribution in [0.5, 0.6) is 0 Å². The Morgan fingerprint density at radius 3 is 2.85 bits per heavy atom. The monoisotopic (exact) mass is 293 g/mol. The lowest BCUT2D eigenvalue weighted by Crippen LogP contribution is -2.33. The molecule has 2 N–H and O–H groups in total. The maximum Gasteiger partial charge on any atom is 0.323 e. The summed E-state index contributed by atoms with van der Waals surface area (Å²) in [6.45, 7) is 0. The van der Waals surface area contributed by atoms with Crippen LogP contribution in [0.15, 0.2) is 34.7 Å². The molecule has 0 aliphatic rings. The van der Waals surface area contributed by atoms with E-state index in [0.717, 1.165) is 5.56 Å². The molecule has 7 heteroatoms. The number of ether oxygens (including phenoxy) is 1. The third-order valence-electron chi connectivity index (χ3n) is 2.51. The first-order chi connectivity index (χ1) is 9.70. The van der Waals surface area contributed by atoms with E-state index in [4.69, 9.17) is 10.2 Å². The Morgan fingerprint density at radius 2 is 2.15 bits per heavy atom.